The minimum absolute atomic E-state index is 0.00278. The minimum Gasteiger partial charge on any atom is -0.481 e. The molecule has 5 nitrogen and oxygen atoms in total. The molecule has 2 heterocycles. The fourth-order valence-electron chi connectivity index (χ4n) is 2.65. The quantitative estimate of drug-likeness (QED) is 0.903. The first-order valence-corrected chi connectivity index (χ1v) is 7.19. The third kappa shape index (κ3) is 2.63. The maximum Gasteiger partial charge on any atom is 0.309 e. The van der Waals surface area contributed by atoms with Gasteiger partial charge in [0.05, 0.1) is 23.2 Å². The number of carbonyl (C=O) groups excluding carboxylic acids is 1. The monoisotopic (exact) mass is 282 g/mol. The minimum atomic E-state index is -0.861. The lowest BCUT2D eigenvalue weighted by atomic mass is 9.84. The number of hydrogen-bond donors (Lipinski definition) is 1. The van der Waals surface area contributed by atoms with Crippen LogP contribution in [0.15, 0.2) is 10.9 Å². The summed E-state index contributed by atoms with van der Waals surface area (Å²) in [6.45, 7) is 5.78. The van der Waals surface area contributed by atoms with E-state index in [9.17, 15) is 14.7 Å². The Kier molecular flexibility index (Phi) is 3.62. The Morgan fingerprint density at radius 2 is 2.21 bits per heavy atom. The van der Waals surface area contributed by atoms with Crippen LogP contribution in [0.25, 0.3) is 0 Å². The average molecular weight is 282 g/mol. The maximum atomic E-state index is 12.2. The molecule has 1 fully saturated rings. The predicted molar refractivity (Wildman–Crippen MR) is 71.8 cm³/mol. The Balaban J connectivity index is 2.47. The maximum absolute atomic E-state index is 12.2. The summed E-state index contributed by atoms with van der Waals surface area (Å²) in [5, 5.41) is 11.2. The molecule has 1 aromatic rings. The van der Waals surface area contributed by atoms with Crippen molar-refractivity contribution in [2.75, 3.05) is 0 Å². The van der Waals surface area contributed by atoms with Gasteiger partial charge in [-0.3, -0.25) is 9.59 Å². The van der Waals surface area contributed by atoms with E-state index >= 15 is 0 Å². The highest BCUT2D eigenvalue weighted by atomic mass is 32.1. The van der Waals surface area contributed by atoms with Crippen LogP contribution >= 0.6 is 11.3 Å². The number of likely N-dealkylation sites (tertiary alicyclic amines) is 1. The highest BCUT2D eigenvalue weighted by Crippen LogP contribution is 2.40. The lowest BCUT2D eigenvalue weighted by Gasteiger charge is -2.46. The number of rotatable bonds is 2. The summed E-state index contributed by atoms with van der Waals surface area (Å²) in [7, 11) is 0. The van der Waals surface area contributed by atoms with Crippen LogP contribution in [0.5, 0.6) is 0 Å². The second-order valence-electron chi connectivity index (χ2n) is 5.78. The summed E-state index contributed by atoms with van der Waals surface area (Å²) in [4.78, 5) is 29.6. The zero-order valence-corrected chi connectivity index (χ0v) is 12.1. The van der Waals surface area contributed by atoms with Crippen molar-refractivity contribution in [2.45, 2.75) is 45.2 Å². The molecule has 1 N–H and O–H groups in total. The molecule has 0 spiro atoms. The van der Waals surface area contributed by atoms with Gasteiger partial charge in [0.15, 0.2) is 0 Å². The van der Waals surface area contributed by atoms with Gasteiger partial charge in [-0.1, -0.05) is 0 Å². The Morgan fingerprint density at radius 3 is 2.68 bits per heavy atom. The van der Waals surface area contributed by atoms with E-state index < -0.39 is 23.5 Å². The van der Waals surface area contributed by atoms with E-state index in [1.807, 2.05) is 26.2 Å². The molecule has 0 aromatic carbocycles. The number of piperidine rings is 1. The molecule has 0 aliphatic carbocycles. The molecule has 1 saturated heterocycles. The highest BCUT2D eigenvalue weighted by molar-refractivity contribution is 7.07. The van der Waals surface area contributed by atoms with Gasteiger partial charge in [0.2, 0.25) is 5.91 Å². The first-order valence-electron chi connectivity index (χ1n) is 6.25. The van der Waals surface area contributed by atoms with Crippen molar-refractivity contribution in [3.8, 4) is 0 Å². The van der Waals surface area contributed by atoms with Gasteiger partial charge in [0, 0.05) is 17.3 Å². The van der Waals surface area contributed by atoms with Crippen LogP contribution in [0, 0.1) is 5.92 Å². The fourth-order valence-corrected chi connectivity index (χ4v) is 3.23. The van der Waals surface area contributed by atoms with Gasteiger partial charge in [-0.05, 0) is 27.2 Å². The second kappa shape index (κ2) is 4.92. The summed E-state index contributed by atoms with van der Waals surface area (Å²) >= 11 is 1.42. The van der Waals surface area contributed by atoms with Crippen molar-refractivity contribution in [3.63, 3.8) is 0 Å². The number of amides is 1. The van der Waals surface area contributed by atoms with Crippen LogP contribution in [-0.2, 0) is 9.59 Å². The van der Waals surface area contributed by atoms with Crippen LogP contribution in [0.2, 0.25) is 0 Å². The molecule has 1 aliphatic rings. The van der Waals surface area contributed by atoms with Crippen molar-refractivity contribution >= 4 is 23.2 Å². The van der Waals surface area contributed by atoms with Crippen LogP contribution in [0.1, 0.15) is 45.3 Å². The van der Waals surface area contributed by atoms with Gasteiger partial charge in [-0.2, -0.15) is 0 Å². The van der Waals surface area contributed by atoms with E-state index in [0.29, 0.717) is 12.1 Å². The Hall–Kier alpha value is -1.43. The molecular weight excluding hydrogens is 264 g/mol. The van der Waals surface area contributed by atoms with E-state index in [1.165, 1.54) is 11.3 Å². The second-order valence-corrected chi connectivity index (χ2v) is 6.49. The molecule has 1 aliphatic heterocycles. The van der Waals surface area contributed by atoms with Crippen molar-refractivity contribution in [3.05, 3.63) is 16.6 Å². The van der Waals surface area contributed by atoms with Gasteiger partial charge < -0.3 is 10.0 Å². The van der Waals surface area contributed by atoms with Crippen molar-refractivity contribution < 1.29 is 14.7 Å². The van der Waals surface area contributed by atoms with E-state index in [-0.39, 0.29) is 12.3 Å². The van der Waals surface area contributed by atoms with Crippen molar-refractivity contribution in [1.82, 2.24) is 9.88 Å². The summed E-state index contributed by atoms with van der Waals surface area (Å²) in [6, 6.07) is -0.468. The standard InChI is InChI=1S/C13H18N2O3S/c1-13(2,3)15-10(16)5-4-8(12(17)18)11(15)9-6-19-7-14-9/h6-8,11H,4-5H2,1-3H3,(H,17,18). The number of nitrogens with zero attached hydrogens (tertiary/aromatic N) is 2. The molecule has 2 rings (SSSR count). The molecule has 2 unspecified atom stereocenters. The first kappa shape index (κ1) is 14.0. The Morgan fingerprint density at radius 1 is 1.53 bits per heavy atom. The van der Waals surface area contributed by atoms with Crippen molar-refractivity contribution in [2.24, 2.45) is 5.92 Å². The molecule has 2 atom stereocenters. The zero-order chi connectivity index (χ0) is 14.2. The molecule has 1 amide bonds. The third-order valence-electron chi connectivity index (χ3n) is 3.39. The normalized spacial score (nSPS) is 24.6. The van der Waals surface area contributed by atoms with Crippen LogP contribution in [0.3, 0.4) is 0 Å². The largest absolute Gasteiger partial charge is 0.481 e. The van der Waals surface area contributed by atoms with Gasteiger partial charge in [-0.25, -0.2) is 4.98 Å². The average Bonchev–Trinajstić information content (AvgIpc) is 2.79. The van der Waals surface area contributed by atoms with Crippen molar-refractivity contribution in [1.29, 1.82) is 0 Å². The summed E-state index contributed by atoms with van der Waals surface area (Å²) < 4.78 is 0. The Labute approximate surface area is 116 Å². The van der Waals surface area contributed by atoms with E-state index in [1.54, 1.807) is 10.4 Å². The highest BCUT2D eigenvalue weighted by Gasteiger charge is 2.45. The molecule has 0 radical (unpaired) electrons. The number of carboxylic acid groups (broad SMARTS) is 1. The number of carbonyl (C=O) groups is 2. The van der Waals surface area contributed by atoms with Crippen LogP contribution in [0.4, 0.5) is 0 Å². The van der Waals surface area contributed by atoms with E-state index in [0.717, 1.165) is 0 Å². The SMILES string of the molecule is CC(C)(C)N1C(=O)CCC(C(=O)O)C1c1cscn1. The number of hydrogen-bond acceptors (Lipinski definition) is 4. The van der Waals surface area contributed by atoms with E-state index in [4.69, 9.17) is 0 Å². The number of thiazole rings is 1. The molecular formula is C13H18N2O3S. The molecule has 1 aromatic heterocycles. The van der Waals surface area contributed by atoms with Gasteiger partial charge in [0.25, 0.3) is 0 Å². The molecule has 19 heavy (non-hydrogen) atoms. The third-order valence-corrected chi connectivity index (χ3v) is 4.00. The molecule has 104 valence electrons. The number of carboxylic acids is 1. The lowest BCUT2D eigenvalue weighted by Crippen LogP contribution is -2.53. The summed E-state index contributed by atoms with van der Waals surface area (Å²) in [5.74, 6) is -1.44. The smallest absolute Gasteiger partial charge is 0.309 e. The topological polar surface area (TPSA) is 70.5 Å². The van der Waals surface area contributed by atoms with E-state index in [2.05, 4.69) is 4.98 Å². The van der Waals surface area contributed by atoms with Gasteiger partial charge in [0.1, 0.15) is 0 Å². The number of aliphatic carboxylic acids is 1. The molecule has 6 heteroatoms. The van der Waals surface area contributed by atoms with Gasteiger partial charge >= 0.3 is 5.97 Å². The predicted octanol–water partition coefficient (Wildman–Crippen LogP) is 2.31. The molecule has 0 bridgehead atoms. The van der Waals surface area contributed by atoms with Crippen LogP contribution < -0.4 is 0 Å². The summed E-state index contributed by atoms with van der Waals surface area (Å²) in [6.07, 6.45) is 0.664. The first-order chi connectivity index (χ1) is 8.82. The van der Waals surface area contributed by atoms with Crippen LogP contribution in [-0.4, -0.2) is 32.4 Å². The lowest BCUT2D eigenvalue weighted by molar-refractivity contribution is -0.156. The fraction of sp³-hybridized carbons (Fsp3) is 0.615. The number of aromatic nitrogens is 1. The van der Waals surface area contributed by atoms with Gasteiger partial charge in [-0.15, -0.1) is 11.3 Å². The molecule has 0 saturated carbocycles. The zero-order valence-electron chi connectivity index (χ0n) is 11.3. The Bertz CT molecular complexity index is 479. The summed E-state index contributed by atoms with van der Waals surface area (Å²) in [5.41, 5.74) is 1.94.